The Bertz CT molecular complexity index is 439. The highest BCUT2D eigenvalue weighted by Gasteiger charge is 2.61. The van der Waals surface area contributed by atoms with Gasteiger partial charge in [-0.3, -0.25) is 4.90 Å². The van der Waals surface area contributed by atoms with Gasteiger partial charge in [0.1, 0.15) is 0 Å². The Labute approximate surface area is 115 Å². The molecular formula is C16H24N2O. The maximum atomic E-state index is 11.1. The Morgan fingerprint density at radius 2 is 1.79 bits per heavy atom. The minimum Gasteiger partial charge on any atom is -0.384 e. The summed E-state index contributed by atoms with van der Waals surface area (Å²) in [5.74, 6) is 0. The predicted molar refractivity (Wildman–Crippen MR) is 77.0 cm³/mol. The van der Waals surface area contributed by atoms with Crippen molar-refractivity contribution in [2.45, 2.75) is 31.9 Å². The van der Waals surface area contributed by atoms with Crippen molar-refractivity contribution < 1.29 is 5.11 Å². The molecule has 2 aliphatic rings. The third kappa shape index (κ3) is 1.92. The lowest BCUT2D eigenvalue weighted by Gasteiger charge is -2.62. The Balaban J connectivity index is 1.81. The van der Waals surface area contributed by atoms with Gasteiger partial charge in [0.25, 0.3) is 0 Å². The van der Waals surface area contributed by atoms with Crippen molar-refractivity contribution >= 4 is 0 Å². The van der Waals surface area contributed by atoms with Crippen molar-refractivity contribution in [1.29, 1.82) is 0 Å². The SMILES string of the molecule is CC1(C)C(N2CCNCC2)CC1(O)c1ccccc1. The van der Waals surface area contributed by atoms with E-state index in [0.29, 0.717) is 6.04 Å². The summed E-state index contributed by atoms with van der Waals surface area (Å²) in [7, 11) is 0. The van der Waals surface area contributed by atoms with E-state index in [0.717, 1.165) is 38.2 Å². The van der Waals surface area contributed by atoms with Gasteiger partial charge in [0, 0.05) is 37.6 Å². The normalized spacial score (nSPS) is 34.8. The number of piperazine rings is 1. The van der Waals surface area contributed by atoms with Gasteiger partial charge in [0.15, 0.2) is 0 Å². The lowest BCUT2D eigenvalue weighted by molar-refractivity contribution is -0.212. The summed E-state index contributed by atoms with van der Waals surface area (Å²) < 4.78 is 0. The predicted octanol–water partition coefficient (Wildman–Crippen LogP) is 1.58. The number of benzene rings is 1. The molecule has 3 rings (SSSR count). The zero-order chi connectivity index (χ0) is 13.5. The van der Waals surface area contributed by atoms with Gasteiger partial charge in [-0.25, -0.2) is 0 Å². The molecule has 2 atom stereocenters. The largest absolute Gasteiger partial charge is 0.384 e. The summed E-state index contributed by atoms with van der Waals surface area (Å²) in [5.41, 5.74) is 0.293. The summed E-state index contributed by atoms with van der Waals surface area (Å²) >= 11 is 0. The van der Waals surface area contributed by atoms with E-state index in [1.165, 1.54) is 0 Å². The minimum absolute atomic E-state index is 0.0916. The molecule has 0 aromatic heterocycles. The van der Waals surface area contributed by atoms with Crippen molar-refractivity contribution in [2.24, 2.45) is 5.41 Å². The maximum Gasteiger partial charge on any atom is 0.0977 e. The Morgan fingerprint density at radius 3 is 2.37 bits per heavy atom. The molecule has 3 heteroatoms. The summed E-state index contributed by atoms with van der Waals surface area (Å²) in [4.78, 5) is 2.54. The molecule has 2 fully saturated rings. The summed E-state index contributed by atoms with van der Waals surface area (Å²) in [6.07, 6.45) is 0.851. The van der Waals surface area contributed by atoms with Gasteiger partial charge in [-0.15, -0.1) is 0 Å². The van der Waals surface area contributed by atoms with Crippen LogP contribution in [0.25, 0.3) is 0 Å². The molecule has 2 unspecified atom stereocenters. The van der Waals surface area contributed by atoms with Crippen molar-refractivity contribution in [3.05, 3.63) is 35.9 Å². The van der Waals surface area contributed by atoms with Gasteiger partial charge < -0.3 is 10.4 Å². The van der Waals surface area contributed by atoms with Crippen LogP contribution in [-0.4, -0.2) is 42.2 Å². The van der Waals surface area contributed by atoms with Crippen molar-refractivity contribution in [2.75, 3.05) is 26.2 Å². The van der Waals surface area contributed by atoms with Crippen LogP contribution >= 0.6 is 0 Å². The molecule has 1 saturated carbocycles. The lowest BCUT2D eigenvalue weighted by Crippen LogP contribution is -2.69. The number of nitrogens with zero attached hydrogens (tertiary/aromatic N) is 1. The van der Waals surface area contributed by atoms with Crippen LogP contribution in [0.5, 0.6) is 0 Å². The fourth-order valence-electron chi connectivity index (χ4n) is 3.73. The second-order valence-corrected chi connectivity index (χ2v) is 6.45. The van der Waals surface area contributed by atoms with Crippen LogP contribution in [0.3, 0.4) is 0 Å². The molecule has 1 aromatic rings. The molecule has 1 saturated heterocycles. The standard InChI is InChI=1S/C16H24N2O/c1-15(2)14(18-10-8-17-9-11-18)12-16(15,19)13-6-4-3-5-7-13/h3-7,14,17,19H,8-12H2,1-2H3. The zero-order valence-electron chi connectivity index (χ0n) is 11.9. The topological polar surface area (TPSA) is 35.5 Å². The monoisotopic (exact) mass is 260 g/mol. The maximum absolute atomic E-state index is 11.1. The molecule has 0 bridgehead atoms. The van der Waals surface area contributed by atoms with Crippen molar-refractivity contribution in [3.8, 4) is 0 Å². The van der Waals surface area contributed by atoms with E-state index >= 15 is 0 Å². The van der Waals surface area contributed by atoms with E-state index in [-0.39, 0.29) is 5.41 Å². The van der Waals surface area contributed by atoms with Crippen LogP contribution < -0.4 is 5.32 Å². The van der Waals surface area contributed by atoms with Crippen molar-refractivity contribution in [1.82, 2.24) is 10.2 Å². The highest BCUT2D eigenvalue weighted by atomic mass is 16.3. The lowest BCUT2D eigenvalue weighted by atomic mass is 9.52. The molecule has 19 heavy (non-hydrogen) atoms. The number of aliphatic hydroxyl groups is 1. The fourth-order valence-corrected chi connectivity index (χ4v) is 3.73. The quantitative estimate of drug-likeness (QED) is 0.847. The van der Waals surface area contributed by atoms with Gasteiger partial charge in [0.2, 0.25) is 0 Å². The van der Waals surface area contributed by atoms with Gasteiger partial charge in [0.05, 0.1) is 5.60 Å². The summed E-state index contributed by atoms with van der Waals surface area (Å²) in [5, 5.41) is 14.5. The molecule has 1 aromatic carbocycles. The molecule has 3 nitrogen and oxygen atoms in total. The Hall–Kier alpha value is -0.900. The van der Waals surface area contributed by atoms with Crippen LogP contribution in [0.2, 0.25) is 0 Å². The number of nitrogens with one attached hydrogen (secondary N) is 1. The molecule has 0 amide bonds. The molecular weight excluding hydrogens is 236 g/mol. The molecule has 1 aliphatic heterocycles. The minimum atomic E-state index is -0.677. The van der Waals surface area contributed by atoms with Crippen molar-refractivity contribution in [3.63, 3.8) is 0 Å². The van der Waals surface area contributed by atoms with E-state index < -0.39 is 5.60 Å². The summed E-state index contributed by atoms with van der Waals surface area (Å²) in [6, 6.07) is 10.6. The van der Waals surface area contributed by atoms with Crippen LogP contribution in [0, 0.1) is 5.41 Å². The average molecular weight is 260 g/mol. The van der Waals surface area contributed by atoms with Crippen LogP contribution in [0.1, 0.15) is 25.8 Å². The third-order valence-electron chi connectivity index (χ3n) is 5.23. The number of hydrogen-bond donors (Lipinski definition) is 2. The molecule has 104 valence electrons. The van der Waals surface area contributed by atoms with Gasteiger partial charge >= 0.3 is 0 Å². The molecule has 1 aliphatic carbocycles. The molecule has 2 N–H and O–H groups in total. The van der Waals surface area contributed by atoms with Gasteiger partial charge in [-0.05, 0) is 12.0 Å². The van der Waals surface area contributed by atoms with Crippen LogP contribution in [0.4, 0.5) is 0 Å². The second kappa shape index (κ2) is 4.58. The summed E-state index contributed by atoms with van der Waals surface area (Å²) in [6.45, 7) is 8.73. The van der Waals surface area contributed by atoms with Crippen LogP contribution in [-0.2, 0) is 5.60 Å². The first-order valence-corrected chi connectivity index (χ1v) is 7.28. The number of rotatable bonds is 2. The van der Waals surface area contributed by atoms with E-state index in [9.17, 15) is 5.11 Å². The van der Waals surface area contributed by atoms with Gasteiger partial charge in [-0.2, -0.15) is 0 Å². The average Bonchev–Trinajstić information content (AvgIpc) is 2.46. The van der Waals surface area contributed by atoms with E-state index in [2.05, 4.69) is 36.2 Å². The molecule has 1 heterocycles. The molecule has 0 spiro atoms. The first kappa shape index (κ1) is 13.1. The first-order valence-electron chi connectivity index (χ1n) is 7.28. The number of hydrogen-bond acceptors (Lipinski definition) is 3. The third-order valence-corrected chi connectivity index (χ3v) is 5.23. The van der Waals surface area contributed by atoms with E-state index in [4.69, 9.17) is 0 Å². The highest BCUT2D eigenvalue weighted by molar-refractivity contribution is 5.31. The molecule has 0 radical (unpaired) electrons. The second-order valence-electron chi connectivity index (χ2n) is 6.45. The first-order chi connectivity index (χ1) is 9.06. The van der Waals surface area contributed by atoms with Crippen LogP contribution in [0.15, 0.2) is 30.3 Å². The van der Waals surface area contributed by atoms with E-state index in [1.54, 1.807) is 0 Å². The van der Waals surface area contributed by atoms with E-state index in [1.807, 2.05) is 18.2 Å². The smallest absolute Gasteiger partial charge is 0.0977 e. The zero-order valence-corrected chi connectivity index (χ0v) is 11.9. The Kier molecular flexibility index (Phi) is 3.16. The highest BCUT2D eigenvalue weighted by Crippen LogP contribution is 2.57. The fraction of sp³-hybridized carbons (Fsp3) is 0.625. The Morgan fingerprint density at radius 1 is 1.16 bits per heavy atom. The van der Waals surface area contributed by atoms with Gasteiger partial charge in [-0.1, -0.05) is 44.2 Å².